The predicted octanol–water partition coefficient (Wildman–Crippen LogP) is 1.95. The number of hydrogen-bond donors (Lipinski definition) is 1. The molecule has 1 heterocycles. The summed E-state index contributed by atoms with van der Waals surface area (Å²) in [6.07, 6.45) is 0. The van der Waals surface area contributed by atoms with E-state index in [2.05, 4.69) is 15.5 Å². The number of hydrogen-bond acceptors (Lipinski definition) is 4. The molecule has 0 aliphatic carbocycles. The highest BCUT2D eigenvalue weighted by Gasteiger charge is 2.08. The highest BCUT2D eigenvalue weighted by Crippen LogP contribution is 2.11. The maximum atomic E-state index is 13.2. The van der Waals surface area contributed by atoms with Crippen molar-refractivity contribution in [1.29, 1.82) is 0 Å². The standard InChI is InChI=1S/C11H11F2N3O/c1-7-15-11(17-16-7)6-14-5-8-9(12)3-2-4-10(8)13/h2-4,14H,5-6H2,1H3. The van der Waals surface area contributed by atoms with Crippen molar-refractivity contribution >= 4 is 0 Å². The van der Waals surface area contributed by atoms with E-state index in [1.54, 1.807) is 6.92 Å². The molecule has 0 radical (unpaired) electrons. The number of halogens is 2. The third-order valence-electron chi connectivity index (χ3n) is 2.21. The van der Waals surface area contributed by atoms with E-state index >= 15 is 0 Å². The predicted molar refractivity (Wildman–Crippen MR) is 55.9 cm³/mol. The average molecular weight is 239 g/mol. The Kier molecular flexibility index (Phi) is 3.43. The van der Waals surface area contributed by atoms with Crippen molar-refractivity contribution < 1.29 is 13.3 Å². The van der Waals surface area contributed by atoms with E-state index in [9.17, 15) is 8.78 Å². The van der Waals surface area contributed by atoms with Crippen LogP contribution in [0.5, 0.6) is 0 Å². The SMILES string of the molecule is Cc1noc(CNCc2c(F)cccc2F)n1. The number of aryl methyl sites for hydroxylation is 1. The molecular weight excluding hydrogens is 228 g/mol. The summed E-state index contributed by atoms with van der Waals surface area (Å²) in [6.45, 7) is 2.04. The average Bonchev–Trinajstić information content (AvgIpc) is 2.69. The van der Waals surface area contributed by atoms with Gasteiger partial charge in [-0.25, -0.2) is 8.78 Å². The summed E-state index contributed by atoms with van der Waals surface area (Å²) < 4.78 is 31.3. The Hall–Kier alpha value is -1.82. The maximum absolute atomic E-state index is 13.2. The van der Waals surface area contributed by atoms with E-state index in [1.807, 2.05) is 0 Å². The van der Waals surface area contributed by atoms with Crippen molar-refractivity contribution in [1.82, 2.24) is 15.5 Å². The summed E-state index contributed by atoms with van der Waals surface area (Å²) in [6, 6.07) is 3.77. The summed E-state index contributed by atoms with van der Waals surface area (Å²) in [4.78, 5) is 3.96. The van der Waals surface area contributed by atoms with Gasteiger partial charge in [0, 0.05) is 12.1 Å². The first kappa shape index (κ1) is 11.7. The van der Waals surface area contributed by atoms with Gasteiger partial charge < -0.3 is 9.84 Å². The zero-order valence-electron chi connectivity index (χ0n) is 9.20. The van der Waals surface area contributed by atoms with Gasteiger partial charge in [-0.1, -0.05) is 11.2 Å². The van der Waals surface area contributed by atoms with Gasteiger partial charge >= 0.3 is 0 Å². The third-order valence-corrected chi connectivity index (χ3v) is 2.21. The summed E-state index contributed by atoms with van der Waals surface area (Å²) in [7, 11) is 0. The molecule has 0 spiro atoms. The van der Waals surface area contributed by atoms with Crippen molar-refractivity contribution in [3.8, 4) is 0 Å². The van der Waals surface area contributed by atoms with Crippen LogP contribution in [-0.4, -0.2) is 10.1 Å². The van der Waals surface area contributed by atoms with Crippen LogP contribution in [0.15, 0.2) is 22.7 Å². The Morgan fingerprint density at radius 1 is 1.24 bits per heavy atom. The zero-order chi connectivity index (χ0) is 12.3. The monoisotopic (exact) mass is 239 g/mol. The van der Waals surface area contributed by atoms with Gasteiger partial charge in [0.25, 0.3) is 0 Å². The van der Waals surface area contributed by atoms with Gasteiger partial charge in [0.05, 0.1) is 6.54 Å². The molecule has 0 bridgehead atoms. The lowest BCUT2D eigenvalue weighted by Gasteiger charge is -2.04. The van der Waals surface area contributed by atoms with Crippen molar-refractivity contribution in [2.24, 2.45) is 0 Å². The van der Waals surface area contributed by atoms with Crippen molar-refractivity contribution in [2.45, 2.75) is 20.0 Å². The molecule has 0 unspecified atom stereocenters. The van der Waals surface area contributed by atoms with Gasteiger partial charge in [0.1, 0.15) is 11.6 Å². The van der Waals surface area contributed by atoms with Crippen LogP contribution in [0.25, 0.3) is 0 Å². The number of nitrogens with one attached hydrogen (secondary N) is 1. The summed E-state index contributed by atoms with van der Waals surface area (Å²) in [5.74, 6) is -0.225. The van der Waals surface area contributed by atoms with Crippen LogP contribution in [0.1, 0.15) is 17.3 Å². The number of nitrogens with zero attached hydrogens (tertiary/aromatic N) is 2. The molecule has 4 nitrogen and oxygen atoms in total. The van der Waals surface area contributed by atoms with E-state index in [-0.39, 0.29) is 18.7 Å². The molecule has 6 heteroatoms. The quantitative estimate of drug-likeness (QED) is 0.885. The van der Waals surface area contributed by atoms with Crippen LogP contribution >= 0.6 is 0 Å². The van der Waals surface area contributed by atoms with Gasteiger partial charge in [-0.15, -0.1) is 0 Å². The molecule has 0 aliphatic heterocycles. The van der Waals surface area contributed by atoms with E-state index in [1.165, 1.54) is 18.2 Å². The second-order valence-electron chi connectivity index (χ2n) is 3.54. The minimum Gasteiger partial charge on any atom is -0.338 e. The van der Waals surface area contributed by atoms with Crippen molar-refractivity contribution in [3.63, 3.8) is 0 Å². The third kappa shape index (κ3) is 2.85. The highest BCUT2D eigenvalue weighted by molar-refractivity contribution is 5.19. The minimum atomic E-state index is -0.570. The van der Waals surface area contributed by atoms with Gasteiger partial charge in [-0.2, -0.15) is 4.98 Å². The Morgan fingerprint density at radius 3 is 2.53 bits per heavy atom. The summed E-state index contributed by atoms with van der Waals surface area (Å²) in [5.41, 5.74) is 0.00346. The fraction of sp³-hybridized carbons (Fsp3) is 0.273. The maximum Gasteiger partial charge on any atom is 0.240 e. The molecule has 0 amide bonds. The van der Waals surface area contributed by atoms with Crippen LogP contribution in [0.2, 0.25) is 0 Å². The van der Waals surface area contributed by atoms with Gasteiger partial charge in [-0.3, -0.25) is 0 Å². The number of benzene rings is 1. The summed E-state index contributed by atoms with van der Waals surface area (Å²) >= 11 is 0. The van der Waals surface area contributed by atoms with Gasteiger partial charge in [0.15, 0.2) is 5.82 Å². The minimum absolute atomic E-state index is 0.00346. The first-order valence-electron chi connectivity index (χ1n) is 5.09. The molecule has 0 saturated heterocycles. The van der Waals surface area contributed by atoms with E-state index in [0.29, 0.717) is 11.7 Å². The fourth-order valence-electron chi connectivity index (χ4n) is 1.41. The molecule has 0 fully saturated rings. The molecule has 1 aromatic carbocycles. The highest BCUT2D eigenvalue weighted by atomic mass is 19.1. The summed E-state index contributed by atoms with van der Waals surface area (Å²) in [5, 5.41) is 6.44. The topological polar surface area (TPSA) is 51.0 Å². The first-order chi connectivity index (χ1) is 8.16. The van der Waals surface area contributed by atoms with E-state index < -0.39 is 11.6 Å². The van der Waals surface area contributed by atoms with Crippen LogP contribution in [0, 0.1) is 18.6 Å². The number of rotatable bonds is 4. The smallest absolute Gasteiger partial charge is 0.240 e. The van der Waals surface area contributed by atoms with Crippen molar-refractivity contribution in [3.05, 3.63) is 47.1 Å². The number of aromatic nitrogens is 2. The Morgan fingerprint density at radius 2 is 1.94 bits per heavy atom. The van der Waals surface area contributed by atoms with Crippen LogP contribution < -0.4 is 5.32 Å². The molecule has 17 heavy (non-hydrogen) atoms. The lowest BCUT2D eigenvalue weighted by molar-refractivity contribution is 0.363. The van der Waals surface area contributed by atoms with Crippen LogP contribution in [0.3, 0.4) is 0 Å². The Labute approximate surface area is 96.6 Å². The lowest BCUT2D eigenvalue weighted by atomic mass is 10.2. The Bertz CT molecular complexity index is 493. The second kappa shape index (κ2) is 5.01. The molecule has 0 atom stereocenters. The zero-order valence-corrected chi connectivity index (χ0v) is 9.20. The van der Waals surface area contributed by atoms with Gasteiger partial charge in [0.2, 0.25) is 5.89 Å². The molecule has 0 aliphatic rings. The van der Waals surface area contributed by atoms with Gasteiger partial charge in [-0.05, 0) is 19.1 Å². The molecule has 2 rings (SSSR count). The van der Waals surface area contributed by atoms with Crippen molar-refractivity contribution in [2.75, 3.05) is 0 Å². The largest absolute Gasteiger partial charge is 0.338 e. The normalized spacial score (nSPS) is 10.8. The molecule has 90 valence electrons. The first-order valence-corrected chi connectivity index (χ1v) is 5.09. The molecular formula is C11H11F2N3O. The molecule has 1 aromatic heterocycles. The van der Waals surface area contributed by atoms with E-state index in [0.717, 1.165) is 0 Å². The Balaban J connectivity index is 1.94. The fourth-order valence-corrected chi connectivity index (χ4v) is 1.41. The molecule has 2 aromatic rings. The van der Waals surface area contributed by atoms with Crippen LogP contribution in [0.4, 0.5) is 8.78 Å². The van der Waals surface area contributed by atoms with Crippen LogP contribution in [-0.2, 0) is 13.1 Å². The van der Waals surface area contributed by atoms with E-state index in [4.69, 9.17) is 4.52 Å². The molecule has 1 N–H and O–H groups in total. The second-order valence-corrected chi connectivity index (χ2v) is 3.54. The lowest BCUT2D eigenvalue weighted by Crippen LogP contribution is -2.15. The molecule has 0 saturated carbocycles.